The average molecular weight is 353 g/mol. The maximum atomic E-state index is 13.1. The molecule has 0 heterocycles. The third-order valence-electron chi connectivity index (χ3n) is 3.59. The maximum Gasteiger partial charge on any atom is 0.206 e. The van der Waals surface area contributed by atoms with Gasteiger partial charge in [0.25, 0.3) is 0 Å². The summed E-state index contributed by atoms with van der Waals surface area (Å²) < 4.78 is 11.5. The molecule has 0 bridgehead atoms. The Morgan fingerprint density at radius 1 is 0.955 bits per heavy atom. The summed E-state index contributed by atoms with van der Waals surface area (Å²) in [5.74, 6) is -0.712. The van der Waals surface area contributed by atoms with Crippen molar-refractivity contribution in [3.63, 3.8) is 0 Å². The zero-order chi connectivity index (χ0) is 15.9. The summed E-state index contributed by atoms with van der Waals surface area (Å²) in [5, 5.41) is 0. The minimum absolute atomic E-state index is 0.355. The van der Waals surface area contributed by atoms with Gasteiger partial charge < -0.3 is 0 Å². The first-order valence-electron chi connectivity index (χ1n) is 6.53. The van der Waals surface area contributed by atoms with Gasteiger partial charge in [0.15, 0.2) is 0 Å². The molecule has 2 aromatic rings. The lowest BCUT2D eigenvalue weighted by Gasteiger charge is -2.35. The smallest absolute Gasteiger partial charge is 0.206 e. The molecule has 1 aliphatic rings. The molecular formula is C17H11Cl2FOS. The Bertz CT molecular complexity index is 764. The highest BCUT2D eigenvalue weighted by Crippen LogP contribution is 2.53. The molecule has 0 N–H and O–H groups in total. The topological polar surface area (TPSA) is 17.1 Å². The van der Waals surface area contributed by atoms with Crippen LogP contribution in [0.1, 0.15) is 11.1 Å². The maximum absolute atomic E-state index is 13.1. The van der Waals surface area contributed by atoms with Gasteiger partial charge in [-0.15, -0.1) is 11.8 Å². The van der Waals surface area contributed by atoms with E-state index in [1.54, 1.807) is 23.9 Å². The molecular weight excluding hydrogens is 342 g/mol. The van der Waals surface area contributed by atoms with Crippen LogP contribution >= 0.6 is 35.0 Å². The van der Waals surface area contributed by atoms with E-state index in [-0.39, 0.29) is 11.6 Å². The van der Waals surface area contributed by atoms with Crippen LogP contribution in [0.25, 0.3) is 11.1 Å². The number of Topliss-reactive ketones (excluding diaryl/α,β-unsaturated/α-hetero) is 1. The SMILES string of the molecule is CSc1ccc(C2=C(c3ccc(F)cc3)C(=O)C2(Cl)Cl)cc1. The van der Waals surface area contributed by atoms with E-state index in [1.807, 2.05) is 30.5 Å². The number of alkyl halides is 2. The lowest BCUT2D eigenvalue weighted by atomic mass is 9.78. The van der Waals surface area contributed by atoms with Crippen LogP contribution in [0.15, 0.2) is 53.4 Å². The van der Waals surface area contributed by atoms with Crippen LogP contribution in [0.5, 0.6) is 0 Å². The van der Waals surface area contributed by atoms with Crippen molar-refractivity contribution < 1.29 is 9.18 Å². The molecule has 0 spiro atoms. The number of hydrogen-bond acceptors (Lipinski definition) is 2. The molecule has 1 aliphatic carbocycles. The summed E-state index contributed by atoms with van der Waals surface area (Å²) in [6.07, 6.45) is 1.98. The molecule has 0 saturated carbocycles. The molecule has 0 radical (unpaired) electrons. The summed E-state index contributed by atoms with van der Waals surface area (Å²) in [7, 11) is 0. The van der Waals surface area contributed by atoms with Gasteiger partial charge in [0.05, 0.1) is 0 Å². The molecule has 3 rings (SSSR count). The quantitative estimate of drug-likeness (QED) is 0.556. The van der Waals surface area contributed by atoms with Crippen molar-refractivity contribution in [2.45, 2.75) is 9.23 Å². The van der Waals surface area contributed by atoms with E-state index < -0.39 is 4.33 Å². The fourth-order valence-corrected chi connectivity index (χ4v) is 3.46. The summed E-state index contributed by atoms with van der Waals surface area (Å²) >= 11 is 14.0. The highest BCUT2D eigenvalue weighted by atomic mass is 35.5. The van der Waals surface area contributed by atoms with Crippen LogP contribution in [0.3, 0.4) is 0 Å². The number of rotatable bonds is 3. The van der Waals surface area contributed by atoms with Gasteiger partial charge >= 0.3 is 0 Å². The van der Waals surface area contributed by atoms with Crippen LogP contribution in [0.2, 0.25) is 0 Å². The Morgan fingerprint density at radius 2 is 1.50 bits per heavy atom. The lowest BCUT2D eigenvalue weighted by molar-refractivity contribution is -0.114. The summed E-state index contributed by atoms with van der Waals surface area (Å²) in [4.78, 5) is 13.4. The molecule has 112 valence electrons. The van der Waals surface area contributed by atoms with Gasteiger partial charge in [-0.2, -0.15) is 0 Å². The molecule has 22 heavy (non-hydrogen) atoms. The summed E-state index contributed by atoms with van der Waals surface area (Å²) in [6.45, 7) is 0. The fourth-order valence-electron chi connectivity index (χ4n) is 2.45. The highest BCUT2D eigenvalue weighted by molar-refractivity contribution is 7.98. The minimum atomic E-state index is -1.55. The van der Waals surface area contributed by atoms with Gasteiger partial charge in [-0.1, -0.05) is 47.5 Å². The first-order chi connectivity index (χ1) is 10.4. The Kier molecular flexibility index (Phi) is 4.06. The second-order valence-electron chi connectivity index (χ2n) is 4.89. The molecule has 2 aromatic carbocycles. The fraction of sp³-hybridized carbons (Fsp3) is 0.118. The van der Waals surface area contributed by atoms with Gasteiger partial charge in [-0.3, -0.25) is 4.79 Å². The molecule has 5 heteroatoms. The van der Waals surface area contributed by atoms with Gasteiger partial charge in [-0.25, -0.2) is 4.39 Å². The second kappa shape index (κ2) is 5.73. The van der Waals surface area contributed by atoms with Crippen LogP contribution in [-0.2, 0) is 4.79 Å². The zero-order valence-corrected chi connectivity index (χ0v) is 13.9. The Balaban J connectivity index is 2.14. The number of halogens is 3. The molecule has 0 amide bonds. The third kappa shape index (κ3) is 2.47. The Labute approximate surface area is 142 Å². The number of allylic oxidation sites excluding steroid dienone is 2. The van der Waals surface area contributed by atoms with Crippen LogP contribution in [0, 0.1) is 5.82 Å². The Hall–Kier alpha value is -1.29. The predicted molar refractivity (Wildman–Crippen MR) is 90.9 cm³/mol. The van der Waals surface area contributed by atoms with Crippen LogP contribution in [-0.4, -0.2) is 16.4 Å². The number of benzene rings is 2. The van der Waals surface area contributed by atoms with Crippen molar-refractivity contribution in [3.8, 4) is 0 Å². The summed E-state index contributed by atoms with van der Waals surface area (Å²) in [6, 6.07) is 13.4. The van der Waals surface area contributed by atoms with Crippen molar-refractivity contribution >= 4 is 51.9 Å². The number of hydrogen-bond donors (Lipinski definition) is 0. The molecule has 0 fully saturated rings. The third-order valence-corrected chi connectivity index (χ3v) is 5.05. The highest BCUT2D eigenvalue weighted by Gasteiger charge is 2.52. The van der Waals surface area contributed by atoms with E-state index in [0.717, 1.165) is 10.5 Å². The molecule has 0 unspecified atom stereocenters. The van der Waals surface area contributed by atoms with Gasteiger partial charge in [-0.05, 0) is 41.6 Å². The van der Waals surface area contributed by atoms with Crippen molar-refractivity contribution in [1.29, 1.82) is 0 Å². The Morgan fingerprint density at radius 3 is 2.05 bits per heavy atom. The zero-order valence-electron chi connectivity index (χ0n) is 11.6. The second-order valence-corrected chi connectivity index (χ2v) is 7.10. The van der Waals surface area contributed by atoms with Crippen molar-refractivity contribution in [2.24, 2.45) is 0 Å². The van der Waals surface area contributed by atoms with E-state index in [9.17, 15) is 9.18 Å². The van der Waals surface area contributed by atoms with Gasteiger partial charge in [0.1, 0.15) is 5.82 Å². The lowest BCUT2D eigenvalue weighted by Crippen LogP contribution is -2.39. The van der Waals surface area contributed by atoms with E-state index in [1.165, 1.54) is 12.1 Å². The van der Waals surface area contributed by atoms with E-state index in [2.05, 4.69) is 0 Å². The number of thioether (sulfide) groups is 1. The predicted octanol–water partition coefficient (Wildman–Crippen LogP) is 5.22. The van der Waals surface area contributed by atoms with E-state index in [4.69, 9.17) is 23.2 Å². The standard InChI is InChI=1S/C17H11Cl2FOS/c1-22-13-8-4-11(5-9-13)15-14(16(21)17(15,18)19)10-2-6-12(20)7-3-10/h2-9H,1H3. The average Bonchev–Trinajstić information content (AvgIpc) is 2.53. The van der Waals surface area contributed by atoms with Crippen LogP contribution in [0.4, 0.5) is 4.39 Å². The van der Waals surface area contributed by atoms with Crippen molar-refractivity contribution in [1.82, 2.24) is 0 Å². The minimum Gasteiger partial charge on any atom is -0.290 e. The van der Waals surface area contributed by atoms with Crippen molar-refractivity contribution in [3.05, 3.63) is 65.5 Å². The monoisotopic (exact) mass is 352 g/mol. The first-order valence-corrected chi connectivity index (χ1v) is 8.51. The largest absolute Gasteiger partial charge is 0.290 e. The molecule has 0 aliphatic heterocycles. The van der Waals surface area contributed by atoms with Gasteiger partial charge in [0, 0.05) is 16.0 Å². The summed E-state index contributed by atoms with van der Waals surface area (Å²) in [5.41, 5.74) is 2.43. The number of carbonyl (C=O) groups is 1. The first kappa shape index (κ1) is 15.6. The normalized spacial score (nSPS) is 16.6. The van der Waals surface area contributed by atoms with E-state index >= 15 is 0 Å². The van der Waals surface area contributed by atoms with E-state index in [0.29, 0.717) is 16.7 Å². The molecule has 0 aromatic heterocycles. The van der Waals surface area contributed by atoms with Crippen molar-refractivity contribution in [2.75, 3.05) is 6.26 Å². The van der Waals surface area contributed by atoms with Crippen LogP contribution < -0.4 is 0 Å². The van der Waals surface area contributed by atoms with Gasteiger partial charge in [0.2, 0.25) is 10.1 Å². The molecule has 1 nitrogen and oxygen atoms in total. The number of carbonyl (C=O) groups excluding carboxylic acids is 1. The molecule has 0 atom stereocenters. The molecule has 0 saturated heterocycles. The number of ketones is 1.